The maximum atomic E-state index is 12.3. The number of ether oxygens (including phenoxy) is 3. The minimum Gasteiger partial charge on any atom is -0.496 e. The van der Waals surface area contributed by atoms with E-state index in [1.165, 1.54) is 26.2 Å². The van der Waals surface area contributed by atoms with Gasteiger partial charge in [0, 0.05) is 18.3 Å². The second-order valence-electron chi connectivity index (χ2n) is 5.16. The first-order valence-corrected chi connectivity index (χ1v) is 7.89. The SMILES string of the molecule is COC(=O)C1=C(C)N(C)C(=O)NC1c1cc(OC)c(Br)cc1OC. The number of rotatable bonds is 4. The molecule has 0 saturated heterocycles. The Labute approximate surface area is 148 Å². The van der Waals surface area contributed by atoms with E-state index in [1.54, 1.807) is 26.1 Å². The molecule has 1 N–H and O–H groups in total. The molecule has 0 aromatic heterocycles. The standard InChI is InChI=1S/C16H19BrN2O5/c1-8-13(15(20)24-5)14(18-16(21)19(8)2)9-6-12(23-4)10(17)7-11(9)22-3/h6-7,14H,1-5H3,(H,18,21). The number of allylic oxidation sites excluding steroid dienone is 1. The highest BCUT2D eigenvalue weighted by molar-refractivity contribution is 9.10. The topological polar surface area (TPSA) is 77.1 Å². The molecule has 1 heterocycles. The normalized spacial score (nSPS) is 17.5. The molecular formula is C16H19BrN2O5. The summed E-state index contributed by atoms with van der Waals surface area (Å²) in [5, 5.41) is 2.80. The highest BCUT2D eigenvalue weighted by atomic mass is 79.9. The van der Waals surface area contributed by atoms with Crippen molar-refractivity contribution in [3.05, 3.63) is 33.4 Å². The molecule has 0 spiro atoms. The van der Waals surface area contributed by atoms with Crippen LogP contribution in [-0.4, -0.2) is 45.3 Å². The van der Waals surface area contributed by atoms with Gasteiger partial charge in [0.1, 0.15) is 11.5 Å². The molecule has 130 valence electrons. The Morgan fingerprint density at radius 1 is 1.21 bits per heavy atom. The van der Waals surface area contributed by atoms with Gasteiger partial charge in [-0.3, -0.25) is 0 Å². The average molecular weight is 399 g/mol. The smallest absolute Gasteiger partial charge is 0.337 e. The fourth-order valence-corrected chi connectivity index (χ4v) is 3.04. The Bertz CT molecular complexity index is 717. The molecule has 1 aliphatic heterocycles. The van der Waals surface area contributed by atoms with E-state index in [-0.39, 0.29) is 6.03 Å². The second-order valence-corrected chi connectivity index (χ2v) is 6.02. The molecule has 7 nitrogen and oxygen atoms in total. The van der Waals surface area contributed by atoms with Crippen molar-refractivity contribution in [1.29, 1.82) is 0 Å². The van der Waals surface area contributed by atoms with Crippen molar-refractivity contribution in [3.63, 3.8) is 0 Å². The Morgan fingerprint density at radius 2 is 1.83 bits per heavy atom. The summed E-state index contributed by atoms with van der Waals surface area (Å²) in [6.45, 7) is 1.69. The van der Waals surface area contributed by atoms with Crippen LogP contribution in [0.4, 0.5) is 4.79 Å². The van der Waals surface area contributed by atoms with E-state index in [2.05, 4.69) is 21.2 Å². The molecule has 2 rings (SSSR count). The van der Waals surface area contributed by atoms with E-state index in [9.17, 15) is 9.59 Å². The third kappa shape index (κ3) is 3.06. The lowest BCUT2D eigenvalue weighted by molar-refractivity contribution is -0.136. The van der Waals surface area contributed by atoms with Crippen molar-refractivity contribution in [1.82, 2.24) is 10.2 Å². The highest BCUT2D eigenvalue weighted by Crippen LogP contribution is 2.40. The third-order valence-electron chi connectivity index (χ3n) is 3.97. The molecule has 1 aromatic carbocycles. The number of esters is 1. The molecule has 1 aliphatic rings. The van der Waals surface area contributed by atoms with Crippen molar-refractivity contribution >= 4 is 27.9 Å². The molecule has 0 bridgehead atoms. The summed E-state index contributed by atoms with van der Waals surface area (Å²) in [6, 6.07) is 2.41. The fraction of sp³-hybridized carbons (Fsp3) is 0.375. The van der Waals surface area contributed by atoms with Crippen LogP contribution < -0.4 is 14.8 Å². The van der Waals surface area contributed by atoms with Crippen molar-refractivity contribution in [2.75, 3.05) is 28.4 Å². The predicted molar refractivity (Wildman–Crippen MR) is 91.0 cm³/mol. The number of hydrogen-bond acceptors (Lipinski definition) is 5. The van der Waals surface area contributed by atoms with Gasteiger partial charge in [-0.2, -0.15) is 0 Å². The van der Waals surface area contributed by atoms with Gasteiger partial charge in [0.15, 0.2) is 0 Å². The summed E-state index contributed by atoms with van der Waals surface area (Å²) in [5.74, 6) is 0.542. The largest absolute Gasteiger partial charge is 0.496 e. The number of carbonyl (C=O) groups excluding carboxylic acids is 2. The van der Waals surface area contributed by atoms with Gasteiger partial charge in [-0.25, -0.2) is 9.59 Å². The van der Waals surface area contributed by atoms with E-state index >= 15 is 0 Å². The van der Waals surface area contributed by atoms with Gasteiger partial charge in [0.2, 0.25) is 0 Å². The van der Waals surface area contributed by atoms with E-state index in [4.69, 9.17) is 14.2 Å². The lowest BCUT2D eigenvalue weighted by Gasteiger charge is -2.33. The number of halogens is 1. The van der Waals surface area contributed by atoms with E-state index in [0.29, 0.717) is 32.8 Å². The lowest BCUT2D eigenvalue weighted by Crippen LogP contribution is -2.46. The van der Waals surface area contributed by atoms with Crippen LogP contribution in [0.2, 0.25) is 0 Å². The van der Waals surface area contributed by atoms with Crippen molar-refractivity contribution in [2.45, 2.75) is 13.0 Å². The van der Waals surface area contributed by atoms with Crippen molar-refractivity contribution < 1.29 is 23.8 Å². The third-order valence-corrected chi connectivity index (χ3v) is 4.59. The first-order chi connectivity index (χ1) is 11.3. The fourth-order valence-electron chi connectivity index (χ4n) is 2.55. The summed E-state index contributed by atoms with van der Waals surface area (Å²) in [5.41, 5.74) is 1.44. The van der Waals surface area contributed by atoms with Crippen molar-refractivity contribution in [2.24, 2.45) is 0 Å². The maximum Gasteiger partial charge on any atom is 0.337 e. The Balaban J connectivity index is 2.68. The second kappa shape index (κ2) is 7.12. The lowest BCUT2D eigenvalue weighted by atomic mass is 9.94. The van der Waals surface area contributed by atoms with Crippen LogP contribution >= 0.6 is 15.9 Å². The van der Waals surface area contributed by atoms with Crippen LogP contribution in [0.1, 0.15) is 18.5 Å². The number of methoxy groups -OCH3 is 3. The van der Waals surface area contributed by atoms with Gasteiger partial charge in [-0.15, -0.1) is 0 Å². The van der Waals surface area contributed by atoms with Crippen LogP contribution in [0, 0.1) is 0 Å². The van der Waals surface area contributed by atoms with E-state index < -0.39 is 12.0 Å². The average Bonchev–Trinajstić information content (AvgIpc) is 2.58. The molecule has 0 saturated carbocycles. The number of nitrogens with one attached hydrogen (secondary N) is 1. The Hall–Kier alpha value is -2.22. The molecule has 24 heavy (non-hydrogen) atoms. The monoisotopic (exact) mass is 398 g/mol. The number of urea groups is 1. The zero-order valence-corrected chi connectivity index (χ0v) is 15.7. The number of hydrogen-bond donors (Lipinski definition) is 1. The molecule has 1 unspecified atom stereocenters. The van der Waals surface area contributed by atoms with E-state index in [0.717, 1.165) is 0 Å². The van der Waals surface area contributed by atoms with Gasteiger partial charge in [-0.1, -0.05) is 0 Å². The molecular weight excluding hydrogens is 380 g/mol. The summed E-state index contributed by atoms with van der Waals surface area (Å²) in [7, 11) is 5.94. The predicted octanol–water partition coefficient (Wildman–Crippen LogP) is 2.61. The first-order valence-electron chi connectivity index (χ1n) is 7.10. The van der Waals surface area contributed by atoms with Gasteiger partial charge >= 0.3 is 12.0 Å². The molecule has 1 aromatic rings. The van der Waals surface area contributed by atoms with Crippen LogP contribution in [0.3, 0.4) is 0 Å². The molecule has 2 amide bonds. The number of carbonyl (C=O) groups is 2. The quantitative estimate of drug-likeness (QED) is 0.788. The Kier molecular flexibility index (Phi) is 5.38. The summed E-state index contributed by atoms with van der Waals surface area (Å²) < 4.78 is 16.3. The van der Waals surface area contributed by atoms with Crippen molar-refractivity contribution in [3.8, 4) is 11.5 Å². The Morgan fingerprint density at radius 3 is 2.38 bits per heavy atom. The van der Waals surface area contributed by atoms with E-state index in [1.807, 2.05) is 0 Å². The van der Waals surface area contributed by atoms with Crippen LogP contribution in [-0.2, 0) is 9.53 Å². The first kappa shape index (κ1) is 18.1. The summed E-state index contributed by atoms with van der Waals surface area (Å²) >= 11 is 3.39. The number of amides is 2. The van der Waals surface area contributed by atoms with Crippen LogP contribution in [0.15, 0.2) is 27.9 Å². The molecule has 8 heteroatoms. The minimum atomic E-state index is -0.710. The zero-order chi connectivity index (χ0) is 18.0. The molecule has 0 aliphatic carbocycles. The maximum absolute atomic E-state index is 12.3. The van der Waals surface area contributed by atoms with Crippen LogP contribution in [0.5, 0.6) is 11.5 Å². The minimum absolute atomic E-state index is 0.325. The molecule has 0 radical (unpaired) electrons. The van der Waals surface area contributed by atoms with Gasteiger partial charge < -0.3 is 24.4 Å². The van der Waals surface area contributed by atoms with Gasteiger partial charge in [-0.05, 0) is 35.0 Å². The number of nitrogens with zero attached hydrogens (tertiary/aromatic N) is 1. The van der Waals surface area contributed by atoms with Gasteiger partial charge in [0.05, 0.1) is 37.4 Å². The van der Waals surface area contributed by atoms with Crippen LogP contribution in [0.25, 0.3) is 0 Å². The summed E-state index contributed by atoms with van der Waals surface area (Å²) in [4.78, 5) is 25.9. The highest BCUT2D eigenvalue weighted by Gasteiger charge is 2.36. The summed E-state index contributed by atoms with van der Waals surface area (Å²) in [6.07, 6.45) is 0. The van der Waals surface area contributed by atoms with Gasteiger partial charge in [0.25, 0.3) is 0 Å². The number of benzene rings is 1. The molecule has 0 fully saturated rings. The molecule has 1 atom stereocenters. The zero-order valence-electron chi connectivity index (χ0n) is 14.1.